The Morgan fingerprint density at radius 3 is 2.85 bits per heavy atom. The number of ether oxygens (including phenoxy) is 1. The van der Waals surface area contributed by atoms with E-state index in [-0.39, 0.29) is 11.6 Å². The van der Waals surface area contributed by atoms with Crippen molar-refractivity contribution in [3.63, 3.8) is 0 Å². The Bertz CT molecular complexity index is 867. The first-order valence-corrected chi connectivity index (χ1v) is 9.32. The van der Waals surface area contributed by atoms with Gasteiger partial charge in [-0.1, -0.05) is 30.3 Å². The minimum atomic E-state index is -0.246. The van der Waals surface area contributed by atoms with Crippen LogP contribution < -0.4 is 15.4 Å². The first-order valence-electron chi connectivity index (χ1n) is 9.32. The summed E-state index contributed by atoms with van der Waals surface area (Å²) in [4.78, 5) is 4.72. The van der Waals surface area contributed by atoms with E-state index in [0.29, 0.717) is 12.1 Å². The lowest BCUT2D eigenvalue weighted by atomic mass is 9.90. The van der Waals surface area contributed by atoms with E-state index < -0.39 is 0 Å². The highest BCUT2D eigenvalue weighted by Crippen LogP contribution is 2.39. The number of aliphatic imine (C=N–C) groups is 1. The summed E-state index contributed by atoms with van der Waals surface area (Å²) in [6.07, 6.45) is 0.846. The van der Waals surface area contributed by atoms with E-state index in [2.05, 4.69) is 43.5 Å². The standard InChI is InChI=1S/C22H26N4O/c1-4-24-21(25-15-17-9-7-8-16(12-17)14-23)26-19-13-22(2,3)27-20-11-6-5-10-18(19)20/h5-12,19H,4,13,15H2,1-3H3,(H2,24,25,26). The van der Waals surface area contributed by atoms with Crippen molar-refractivity contribution in [1.29, 1.82) is 5.26 Å². The Labute approximate surface area is 161 Å². The molecular formula is C22H26N4O. The van der Waals surface area contributed by atoms with Gasteiger partial charge in [0.1, 0.15) is 11.4 Å². The van der Waals surface area contributed by atoms with Gasteiger partial charge in [-0.3, -0.25) is 0 Å². The maximum Gasteiger partial charge on any atom is 0.192 e. The Kier molecular flexibility index (Phi) is 5.66. The number of nitriles is 1. The predicted octanol–water partition coefficient (Wildman–Crippen LogP) is 3.92. The van der Waals surface area contributed by atoms with Gasteiger partial charge in [-0.2, -0.15) is 5.26 Å². The van der Waals surface area contributed by atoms with Crippen LogP contribution in [-0.2, 0) is 6.54 Å². The molecular weight excluding hydrogens is 336 g/mol. The van der Waals surface area contributed by atoms with Gasteiger partial charge >= 0.3 is 0 Å². The number of nitrogens with zero attached hydrogens (tertiary/aromatic N) is 2. The molecule has 0 aliphatic carbocycles. The minimum absolute atomic E-state index is 0.119. The van der Waals surface area contributed by atoms with E-state index in [1.807, 2.05) is 36.4 Å². The van der Waals surface area contributed by atoms with Crippen LogP contribution in [-0.4, -0.2) is 18.1 Å². The molecule has 0 spiro atoms. The first kappa shape index (κ1) is 18.8. The smallest absolute Gasteiger partial charge is 0.192 e. The van der Waals surface area contributed by atoms with Crippen molar-refractivity contribution in [3.8, 4) is 11.8 Å². The van der Waals surface area contributed by atoms with Crippen LogP contribution in [0.5, 0.6) is 5.75 Å². The zero-order chi connectivity index (χ0) is 19.3. The van der Waals surface area contributed by atoms with Crippen molar-refractivity contribution in [2.45, 2.75) is 45.4 Å². The SMILES string of the molecule is CCNC(=NCc1cccc(C#N)c1)NC1CC(C)(C)Oc2ccccc21. The highest BCUT2D eigenvalue weighted by Gasteiger charge is 2.33. The summed E-state index contributed by atoms with van der Waals surface area (Å²) < 4.78 is 6.11. The summed E-state index contributed by atoms with van der Waals surface area (Å²) >= 11 is 0. The van der Waals surface area contributed by atoms with Gasteiger partial charge < -0.3 is 15.4 Å². The van der Waals surface area contributed by atoms with Crippen LogP contribution in [0.25, 0.3) is 0 Å². The van der Waals surface area contributed by atoms with Gasteiger partial charge in [0.2, 0.25) is 0 Å². The average Bonchev–Trinajstić information content (AvgIpc) is 2.65. The van der Waals surface area contributed by atoms with E-state index in [9.17, 15) is 0 Å². The van der Waals surface area contributed by atoms with Crippen molar-refractivity contribution in [3.05, 3.63) is 65.2 Å². The summed E-state index contributed by atoms with van der Waals surface area (Å²) in [5.41, 5.74) is 2.57. The number of nitrogens with one attached hydrogen (secondary N) is 2. The fourth-order valence-electron chi connectivity index (χ4n) is 3.33. The molecule has 2 N–H and O–H groups in total. The number of benzene rings is 2. The topological polar surface area (TPSA) is 69.4 Å². The van der Waals surface area contributed by atoms with Crippen molar-refractivity contribution in [2.24, 2.45) is 4.99 Å². The summed E-state index contributed by atoms with van der Waals surface area (Å²) in [6.45, 7) is 7.55. The largest absolute Gasteiger partial charge is 0.487 e. The second-order valence-electron chi connectivity index (χ2n) is 7.31. The summed E-state index contributed by atoms with van der Waals surface area (Å²) in [7, 11) is 0. The van der Waals surface area contributed by atoms with Crippen LogP contribution in [0.1, 0.15) is 49.9 Å². The van der Waals surface area contributed by atoms with Gasteiger partial charge in [-0.25, -0.2) is 4.99 Å². The molecule has 1 atom stereocenters. The summed E-state index contributed by atoms with van der Waals surface area (Å²) in [6, 6.07) is 18.0. The molecule has 27 heavy (non-hydrogen) atoms. The molecule has 140 valence electrons. The fraction of sp³-hybridized carbons (Fsp3) is 0.364. The van der Waals surface area contributed by atoms with Gasteiger partial charge in [0.25, 0.3) is 0 Å². The molecule has 0 amide bonds. The van der Waals surface area contributed by atoms with Crippen molar-refractivity contribution < 1.29 is 4.74 Å². The summed E-state index contributed by atoms with van der Waals surface area (Å²) in [5.74, 6) is 1.68. The highest BCUT2D eigenvalue weighted by molar-refractivity contribution is 5.80. The molecule has 1 heterocycles. The molecule has 1 unspecified atom stereocenters. The van der Waals surface area contributed by atoms with Crippen molar-refractivity contribution >= 4 is 5.96 Å². The van der Waals surface area contributed by atoms with Crippen LogP contribution in [0, 0.1) is 11.3 Å². The molecule has 0 radical (unpaired) electrons. The lowest BCUT2D eigenvalue weighted by Gasteiger charge is -2.38. The lowest BCUT2D eigenvalue weighted by Crippen LogP contribution is -2.45. The van der Waals surface area contributed by atoms with Crippen LogP contribution in [0.3, 0.4) is 0 Å². The van der Waals surface area contributed by atoms with Gasteiger partial charge in [-0.05, 0) is 44.5 Å². The van der Waals surface area contributed by atoms with Gasteiger partial charge in [0.05, 0.1) is 24.2 Å². The fourth-order valence-corrected chi connectivity index (χ4v) is 3.33. The molecule has 0 saturated heterocycles. The van der Waals surface area contributed by atoms with E-state index in [1.165, 1.54) is 0 Å². The third-order valence-electron chi connectivity index (χ3n) is 4.51. The second-order valence-corrected chi connectivity index (χ2v) is 7.31. The van der Waals surface area contributed by atoms with Crippen LogP contribution in [0.2, 0.25) is 0 Å². The number of hydrogen-bond acceptors (Lipinski definition) is 3. The summed E-state index contributed by atoms with van der Waals surface area (Å²) in [5, 5.41) is 15.9. The number of guanidine groups is 1. The maximum absolute atomic E-state index is 9.06. The monoisotopic (exact) mass is 362 g/mol. The third kappa shape index (κ3) is 4.79. The molecule has 2 aromatic carbocycles. The van der Waals surface area contributed by atoms with Crippen LogP contribution >= 0.6 is 0 Å². The number of fused-ring (bicyclic) bond motifs is 1. The molecule has 1 aliphatic heterocycles. The maximum atomic E-state index is 9.06. The Balaban J connectivity index is 1.80. The number of rotatable bonds is 4. The minimum Gasteiger partial charge on any atom is -0.487 e. The molecule has 2 aromatic rings. The van der Waals surface area contributed by atoms with Gasteiger partial charge in [0.15, 0.2) is 5.96 Å². The molecule has 0 aromatic heterocycles. The highest BCUT2D eigenvalue weighted by atomic mass is 16.5. The van der Waals surface area contributed by atoms with E-state index in [0.717, 1.165) is 35.8 Å². The zero-order valence-corrected chi connectivity index (χ0v) is 16.1. The Hall–Kier alpha value is -3.00. The predicted molar refractivity (Wildman–Crippen MR) is 108 cm³/mol. The normalized spacial score (nSPS) is 18.0. The molecule has 3 rings (SSSR count). The number of para-hydroxylation sites is 1. The van der Waals surface area contributed by atoms with Crippen LogP contribution in [0.15, 0.2) is 53.5 Å². The molecule has 0 saturated carbocycles. The lowest BCUT2D eigenvalue weighted by molar-refractivity contribution is 0.0694. The Morgan fingerprint density at radius 1 is 1.26 bits per heavy atom. The zero-order valence-electron chi connectivity index (χ0n) is 16.1. The molecule has 0 bridgehead atoms. The molecule has 1 aliphatic rings. The van der Waals surface area contributed by atoms with Crippen LogP contribution in [0.4, 0.5) is 0 Å². The molecule has 5 heteroatoms. The second kappa shape index (κ2) is 8.13. The van der Waals surface area contributed by atoms with E-state index >= 15 is 0 Å². The number of hydrogen-bond donors (Lipinski definition) is 2. The van der Waals surface area contributed by atoms with Gasteiger partial charge in [0, 0.05) is 18.5 Å². The Morgan fingerprint density at radius 2 is 2.07 bits per heavy atom. The molecule has 0 fully saturated rings. The van der Waals surface area contributed by atoms with E-state index in [4.69, 9.17) is 15.0 Å². The van der Waals surface area contributed by atoms with Crippen molar-refractivity contribution in [2.75, 3.05) is 6.54 Å². The quantitative estimate of drug-likeness (QED) is 0.639. The molecule has 5 nitrogen and oxygen atoms in total. The van der Waals surface area contributed by atoms with Gasteiger partial charge in [-0.15, -0.1) is 0 Å². The van der Waals surface area contributed by atoms with Crippen molar-refractivity contribution in [1.82, 2.24) is 10.6 Å². The first-order chi connectivity index (χ1) is 13.0. The average molecular weight is 362 g/mol. The van der Waals surface area contributed by atoms with E-state index in [1.54, 1.807) is 6.07 Å². The third-order valence-corrected chi connectivity index (χ3v) is 4.51.